The molecule has 6 nitrogen and oxygen atoms in total. The summed E-state index contributed by atoms with van der Waals surface area (Å²) in [6.07, 6.45) is 1.97. The number of pyridine rings is 1. The Morgan fingerprint density at radius 1 is 1.65 bits per heavy atom. The topological polar surface area (TPSA) is 74.3 Å². The molecule has 0 aliphatic heterocycles. The molecule has 1 atom stereocenters. The van der Waals surface area contributed by atoms with Crippen molar-refractivity contribution < 1.29 is 13.9 Å². The molecule has 0 fully saturated rings. The van der Waals surface area contributed by atoms with Crippen molar-refractivity contribution in [2.24, 2.45) is 0 Å². The molecule has 0 aliphatic rings. The average molecular weight is 236 g/mol. The Hall–Kier alpha value is -2.11. The van der Waals surface area contributed by atoms with E-state index in [0.717, 1.165) is 0 Å². The second-order valence-electron chi connectivity index (χ2n) is 3.51. The summed E-state index contributed by atoms with van der Waals surface area (Å²) in [4.78, 5) is 27.3. The summed E-state index contributed by atoms with van der Waals surface area (Å²) in [7, 11) is 1.28. The Kier molecular flexibility index (Phi) is 2.95. The third-order valence-electron chi connectivity index (χ3n) is 2.54. The van der Waals surface area contributed by atoms with E-state index < -0.39 is 17.8 Å². The molecule has 0 saturated heterocycles. The minimum absolute atomic E-state index is 0.356. The molecule has 17 heavy (non-hydrogen) atoms. The summed E-state index contributed by atoms with van der Waals surface area (Å²) in [5, 5.41) is 0. The lowest BCUT2D eigenvalue weighted by atomic mass is 10.2. The Morgan fingerprint density at radius 3 is 3.06 bits per heavy atom. The molecule has 0 bridgehead atoms. The smallest absolute Gasteiger partial charge is 0.422 e. The Morgan fingerprint density at radius 2 is 2.41 bits per heavy atom. The van der Waals surface area contributed by atoms with Gasteiger partial charge in [-0.1, -0.05) is 6.92 Å². The molecule has 2 aromatic rings. The van der Waals surface area contributed by atoms with Crippen LogP contribution < -0.4 is 5.76 Å². The van der Waals surface area contributed by atoms with Crippen LogP contribution in [0, 0.1) is 0 Å². The fourth-order valence-corrected chi connectivity index (χ4v) is 1.74. The van der Waals surface area contributed by atoms with Crippen LogP contribution in [-0.4, -0.2) is 22.6 Å². The van der Waals surface area contributed by atoms with E-state index in [1.54, 1.807) is 19.1 Å². The Balaban J connectivity index is 2.64. The van der Waals surface area contributed by atoms with Crippen LogP contribution in [0.5, 0.6) is 0 Å². The summed E-state index contributed by atoms with van der Waals surface area (Å²) in [5.74, 6) is -1.08. The van der Waals surface area contributed by atoms with E-state index in [-0.39, 0.29) is 0 Å². The number of nitrogens with zero attached hydrogens (tertiary/aromatic N) is 2. The van der Waals surface area contributed by atoms with Crippen LogP contribution in [0.3, 0.4) is 0 Å². The number of methoxy groups -OCH3 is 1. The van der Waals surface area contributed by atoms with Crippen molar-refractivity contribution in [1.82, 2.24) is 9.55 Å². The molecule has 0 amide bonds. The minimum Gasteiger partial charge on any atom is -0.467 e. The highest BCUT2D eigenvalue weighted by molar-refractivity contribution is 5.77. The van der Waals surface area contributed by atoms with Crippen molar-refractivity contribution in [2.45, 2.75) is 19.4 Å². The molecule has 2 rings (SSSR count). The maximum atomic E-state index is 11.7. The third kappa shape index (κ3) is 1.82. The zero-order valence-electron chi connectivity index (χ0n) is 9.54. The summed E-state index contributed by atoms with van der Waals surface area (Å²) >= 11 is 0. The highest BCUT2D eigenvalue weighted by atomic mass is 16.5. The number of carbonyl (C=O) groups is 1. The molecule has 2 aromatic heterocycles. The highest BCUT2D eigenvalue weighted by Gasteiger charge is 2.25. The number of oxazole rings is 1. The van der Waals surface area contributed by atoms with Crippen molar-refractivity contribution >= 4 is 17.2 Å². The molecule has 0 aromatic carbocycles. The van der Waals surface area contributed by atoms with Crippen LogP contribution in [0.25, 0.3) is 11.2 Å². The number of esters is 1. The highest BCUT2D eigenvalue weighted by Crippen LogP contribution is 2.17. The number of ether oxygens (including phenoxy) is 1. The van der Waals surface area contributed by atoms with Gasteiger partial charge < -0.3 is 9.15 Å². The van der Waals surface area contributed by atoms with Gasteiger partial charge in [-0.05, 0) is 18.6 Å². The van der Waals surface area contributed by atoms with Crippen molar-refractivity contribution in [2.75, 3.05) is 7.11 Å². The quantitative estimate of drug-likeness (QED) is 0.746. The third-order valence-corrected chi connectivity index (χ3v) is 2.54. The first-order valence-electron chi connectivity index (χ1n) is 5.23. The second-order valence-corrected chi connectivity index (χ2v) is 3.51. The van der Waals surface area contributed by atoms with Crippen LogP contribution in [0.2, 0.25) is 0 Å². The summed E-state index contributed by atoms with van der Waals surface area (Å²) < 4.78 is 10.9. The number of carbonyl (C=O) groups excluding carboxylic acids is 1. The van der Waals surface area contributed by atoms with Crippen LogP contribution in [0.1, 0.15) is 19.4 Å². The zero-order valence-corrected chi connectivity index (χ0v) is 9.54. The summed E-state index contributed by atoms with van der Waals surface area (Å²) in [5.41, 5.74) is 0.717. The number of hydrogen-bond donors (Lipinski definition) is 0. The van der Waals surface area contributed by atoms with Gasteiger partial charge >= 0.3 is 11.7 Å². The number of fused-ring (bicyclic) bond motifs is 1. The zero-order chi connectivity index (χ0) is 12.4. The van der Waals surface area contributed by atoms with Crippen LogP contribution in [0.4, 0.5) is 0 Å². The number of hydrogen-bond acceptors (Lipinski definition) is 5. The van der Waals surface area contributed by atoms with Gasteiger partial charge in [-0.3, -0.25) is 0 Å². The molecule has 1 unspecified atom stereocenters. The van der Waals surface area contributed by atoms with Crippen molar-refractivity contribution in [1.29, 1.82) is 0 Å². The predicted octanol–water partition coefficient (Wildman–Crippen LogP) is 1.11. The minimum atomic E-state index is -0.705. The molecule has 0 saturated carbocycles. The first-order chi connectivity index (χ1) is 8.19. The second kappa shape index (κ2) is 4.40. The summed E-state index contributed by atoms with van der Waals surface area (Å²) in [6.45, 7) is 1.79. The lowest BCUT2D eigenvalue weighted by Gasteiger charge is -2.12. The molecule has 0 N–H and O–H groups in total. The van der Waals surface area contributed by atoms with Gasteiger partial charge in [0, 0.05) is 6.20 Å². The van der Waals surface area contributed by atoms with E-state index in [0.29, 0.717) is 17.7 Å². The molecule has 0 radical (unpaired) electrons. The predicted molar refractivity (Wildman–Crippen MR) is 59.6 cm³/mol. The molecule has 90 valence electrons. The van der Waals surface area contributed by atoms with E-state index in [2.05, 4.69) is 9.72 Å². The molecule has 6 heteroatoms. The van der Waals surface area contributed by atoms with Crippen molar-refractivity contribution in [3.8, 4) is 0 Å². The largest absolute Gasteiger partial charge is 0.467 e. The van der Waals surface area contributed by atoms with Gasteiger partial charge in [-0.15, -0.1) is 0 Å². The Bertz CT molecular complexity index is 599. The molecular weight excluding hydrogens is 224 g/mol. The van der Waals surface area contributed by atoms with Crippen molar-refractivity contribution in [3.63, 3.8) is 0 Å². The van der Waals surface area contributed by atoms with Crippen LogP contribution >= 0.6 is 0 Å². The van der Waals surface area contributed by atoms with Gasteiger partial charge in [-0.2, -0.15) is 0 Å². The van der Waals surface area contributed by atoms with Crippen LogP contribution in [-0.2, 0) is 9.53 Å². The lowest BCUT2D eigenvalue weighted by molar-refractivity contribution is -0.144. The van der Waals surface area contributed by atoms with Gasteiger partial charge in [0.05, 0.1) is 7.11 Å². The number of aromatic nitrogens is 2. The molecule has 0 aliphatic carbocycles. The fourth-order valence-electron chi connectivity index (χ4n) is 1.74. The van der Waals surface area contributed by atoms with Gasteiger partial charge in [0.15, 0.2) is 11.2 Å². The first kappa shape index (κ1) is 11.4. The average Bonchev–Trinajstić information content (AvgIpc) is 2.67. The van der Waals surface area contributed by atoms with Crippen molar-refractivity contribution in [3.05, 3.63) is 28.9 Å². The maximum absolute atomic E-state index is 11.7. The van der Waals surface area contributed by atoms with E-state index in [1.165, 1.54) is 17.9 Å². The fraction of sp³-hybridized carbons (Fsp3) is 0.364. The SMILES string of the molecule is CCC(C(=O)OC)n1c(=O)oc2cccnc21. The van der Waals surface area contributed by atoms with E-state index in [9.17, 15) is 9.59 Å². The summed E-state index contributed by atoms with van der Waals surface area (Å²) in [6, 6.07) is 2.59. The monoisotopic (exact) mass is 236 g/mol. The van der Waals surface area contributed by atoms with Gasteiger partial charge in [0.1, 0.15) is 6.04 Å². The number of rotatable bonds is 3. The van der Waals surface area contributed by atoms with Gasteiger partial charge in [-0.25, -0.2) is 19.1 Å². The Labute approximate surface area is 96.8 Å². The van der Waals surface area contributed by atoms with Gasteiger partial charge in [0.25, 0.3) is 0 Å². The van der Waals surface area contributed by atoms with Crippen LogP contribution in [0.15, 0.2) is 27.5 Å². The molecule has 0 spiro atoms. The maximum Gasteiger partial charge on any atom is 0.422 e. The normalized spacial score (nSPS) is 12.6. The standard InChI is InChI=1S/C11H12N2O4/c1-3-7(10(14)16-2)13-9-8(17-11(13)15)5-4-6-12-9/h4-7H,3H2,1-2H3. The lowest BCUT2D eigenvalue weighted by Crippen LogP contribution is -2.27. The molecule has 2 heterocycles. The van der Waals surface area contributed by atoms with E-state index >= 15 is 0 Å². The van der Waals surface area contributed by atoms with E-state index in [4.69, 9.17) is 4.42 Å². The van der Waals surface area contributed by atoms with E-state index in [1.807, 2.05) is 0 Å². The molecular formula is C11H12N2O4. The first-order valence-corrected chi connectivity index (χ1v) is 5.23. The van der Waals surface area contributed by atoms with Gasteiger partial charge in [0.2, 0.25) is 0 Å².